The maximum Gasteiger partial charge on any atom is 0.412 e. The number of hydrogen-bond acceptors (Lipinski definition) is 5. The van der Waals surface area contributed by atoms with E-state index in [1.807, 2.05) is 24.3 Å². The number of carbonyl (C=O) groups excluding carboxylic acids is 2. The lowest BCUT2D eigenvalue weighted by Gasteiger charge is -2.19. The minimum absolute atomic E-state index is 0.185. The average Bonchev–Trinajstić information content (AvgIpc) is 3.24. The Balaban J connectivity index is 1.44. The molecule has 0 bridgehead atoms. The number of carbonyl (C=O) groups is 2. The molecule has 166 valence electrons. The first kappa shape index (κ1) is 22.6. The molecule has 2 N–H and O–H groups in total. The molecule has 3 rings (SSSR count). The van der Waals surface area contributed by atoms with Crippen LogP contribution in [0.1, 0.15) is 49.5 Å². The molecule has 0 aromatic heterocycles. The van der Waals surface area contributed by atoms with Gasteiger partial charge in [-0.25, -0.2) is 4.79 Å². The summed E-state index contributed by atoms with van der Waals surface area (Å²) in [7, 11) is 0. The lowest BCUT2D eigenvalue weighted by atomic mass is 10.1. The molecule has 7 nitrogen and oxygen atoms in total. The third kappa shape index (κ3) is 7.61. The fraction of sp³-hybridized carbons (Fsp3) is 0.417. The third-order valence-corrected chi connectivity index (χ3v) is 4.63. The van der Waals surface area contributed by atoms with Crippen molar-refractivity contribution in [2.45, 2.75) is 51.9 Å². The van der Waals surface area contributed by atoms with E-state index in [1.54, 1.807) is 45.0 Å². The van der Waals surface area contributed by atoms with Gasteiger partial charge in [0.05, 0.1) is 6.10 Å². The van der Waals surface area contributed by atoms with E-state index >= 15 is 0 Å². The van der Waals surface area contributed by atoms with Gasteiger partial charge in [0.25, 0.3) is 5.91 Å². The summed E-state index contributed by atoms with van der Waals surface area (Å²) in [5.74, 6) is 0.598. The molecule has 7 heteroatoms. The smallest absolute Gasteiger partial charge is 0.412 e. The summed E-state index contributed by atoms with van der Waals surface area (Å²) in [5.41, 5.74) is 1.47. The Morgan fingerprint density at radius 1 is 1.06 bits per heavy atom. The van der Waals surface area contributed by atoms with Crippen LogP contribution in [0.25, 0.3) is 0 Å². The first-order chi connectivity index (χ1) is 14.8. The van der Waals surface area contributed by atoms with Gasteiger partial charge in [0.15, 0.2) is 0 Å². The highest BCUT2D eigenvalue weighted by atomic mass is 16.6. The first-order valence-corrected chi connectivity index (χ1v) is 10.5. The van der Waals surface area contributed by atoms with Crippen molar-refractivity contribution in [2.24, 2.45) is 0 Å². The molecule has 2 aromatic rings. The minimum atomic E-state index is -0.571. The van der Waals surface area contributed by atoms with Crippen LogP contribution in [0.2, 0.25) is 0 Å². The van der Waals surface area contributed by atoms with E-state index in [9.17, 15) is 9.59 Å². The van der Waals surface area contributed by atoms with Crippen molar-refractivity contribution in [1.29, 1.82) is 0 Å². The zero-order valence-electron chi connectivity index (χ0n) is 18.3. The molecule has 1 fully saturated rings. The van der Waals surface area contributed by atoms with Crippen molar-refractivity contribution in [2.75, 3.05) is 18.5 Å². The number of amides is 2. The van der Waals surface area contributed by atoms with Crippen molar-refractivity contribution >= 4 is 17.7 Å². The molecular formula is C24H30N2O5. The van der Waals surface area contributed by atoms with Gasteiger partial charge in [0, 0.05) is 24.4 Å². The molecule has 0 saturated carbocycles. The van der Waals surface area contributed by atoms with Gasteiger partial charge in [0.2, 0.25) is 0 Å². The highest BCUT2D eigenvalue weighted by Gasteiger charge is 2.17. The number of rotatable bonds is 7. The quantitative estimate of drug-likeness (QED) is 0.680. The molecule has 1 unspecified atom stereocenters. The number of ether oxygens (including phenoxy) is 3. The van der Waals surface area contributed by atoms with Gasteiger partial charge in [0.1, 0.15) is 18.0 Å². The second kappa shape index (κ2) is 10.3. The summed E-state index contributed by atoms with van der Waals surface area (Å²) in [6.45, 7) is 7.18. The molecule has 1 atom stereocenters. The minimum Gasteiger partial charge on any atom is -0.491 e. The fourth-order valence-electron chi connectivity index (χ4n) is 3.08. The van der Waals surface area contributed by atoms with Crippen LogP contribution in [0.4, 0.5) is 10.5 Å². The lowest BCUT2D eigenvalue weighted by Crippen LogP contribution is -2.27. The average molecular weight is 427 g/mol. The first-order valence-electron chi connectivity index (χ1n) is 10.5. The van der Waals surface area contributed by atoms with Crippen molar-refractivity contribution in [3.63, 3.8) is 0 Å². The number of nitrogens with one attached hydrogen (secondary N) is 2. The summed E-state index contributed by atoms with van der Waals surface area (Å²) < 4.78 is 16.5. The monoisotopic (exact) mass is 426 g/mol. The molecule has 1 aliphatic heterocycles. The molecule has 1 heterocycles. The number of benzene rings is 2. The molecule has 0 spiro atoms. The molecule has 2 amide bonds. The summed E-state index contributed by atoms with van der Waals surface area (Å²) >= 11 is 0. The van der Waals surface area contributed by atoms with Gasteiger partial charge in [-0.15, -0.1) is 0 Å². The van der Waals surface area contributed by atoms with Crippen molar-refractivity contribution < 1.29 is 23.8 Å². The molecular weight excluding hydrogens is 396 g/mol. The van der Waals surface area contributed by atoms with Crippen molar-refractivity contribution in [1.82, 2.24) is 5.32 Å². The van der Waals surface area contributed by atoms with Crippen LogP contribution in [0, 0.1) is 0 Å². The summed E-state index contributed by atoms with van der Waals surface area (Å²) in [6, 6.07) is 14.3. The van der Waals surface area contributed by atoms with Crippen molar-refractivity contribution in [3.8, 4) is 5.75 Å². The zero-order chi connectivity index (χ0) is 22.3. The highest BCUT2D eigenvalue weighted by Crippen LogP contribution is 2.17. The van der Waals surface area contributed by atoms with E-state index in [0.717, 1.165) is 30.8 Å². The third-order valence-electron chi connectivity index (χ3n) is 4.63. The molecule has 2 aromatic carbocycles. The second-order valence-corrected chi connectivity index (χ2v) is 8.48. The van der Waals surface area contributed by atoms with Crippen LogP contribution in [0.3, 0.4) is 0 Å². The molecule has 0 radical (unpaired) electrons. The fourth-order valence-corrected chi connectivity index (χ4v) is 3.08. The lowest BCUT2D eigenvalue weighted by molar-refractivity contribution is 0.0635. The van der Waals surface area contributed by atoms with Gasteiger partial charge in [-0.05, 0) is 75.6 Å². The van der Waals surface area contributed by atoms with E-state index in [1.165, 1.54) is 0 Å². The van der Waals surface area contributed by atoms with Gasteiger partial charge >= 0.3 is 6.09 Å². The number of anilines is 1. The standard InChI is InChI=1S/C24H30N2O5/c1-24(2,3)31-23(28)26-19-10-8-18(9-11-19)22(27)25-15-17-6-12-20(13-7-17)30-16-21-5-4-14-29-21/h6-13,21H,4-5,14-16H2,1-3H3,(H,25,27)(H,26,28). The maximum atomic E-state index is 12.4. The second-order valence-electron chi connectivity index (χ2n) is 8.48. The maximum absolute atomic E-state index is 12.4. The van der Waals surface area contributed by atoms with E-state index in [4.69, 9.17) is 14.2 Å². The summed E-state index contributed by atoms with van der Waals surface area (Å²) in [5, 5.41) is 5.53. The highest BCUT2D eigenvalue weighted by molar-refractivity contribution is 5.95. The summed E-state index contributed by atoms with van der Waals surface area (Å²) in [4.78, 5) is 24.2. The van der Waals surface area contributed by atoms with Crippen LogP contribution in [-0.4, -0.2) is 36.9 Å². The van der Waals surface area contributed by atoms with Crippen LogP contribution in [0.15, 0.2) is 48.5 Å². The van der Waals surface area contributed by atoms with E-state index in [2.05, 4.69) is 10.6 Å². The van der Waals surface area contributed by atoms with Gasteiger partial charge in [-0.3, -0.25) is 10.1 Å². The Bertz CT molecular complexity index is 866. The Kier molecular flexibility index (Phi) is 7.52. The van der Waals surface area contributed by atoms with E-state index in [0.29, 0.717) is 24.4 Å². The van der Waals surface area contributed by atoms with Crippen LogP contribution < -0.4 is 15.4 Å². The number of hydrogen-bond donors (Lipinski definition) is 2. The molecule has 1 saturated heterocycles. The zero-order valence-corrected chi connectivity index (χ0v) is 18.3. The Morgan fingerprint density at radius 2 is 1.77 bits per heavy atom. The van der Waals surface area contributed by atoms with Crippen LogP contribution in [-0.2, 0) is 16.0 Å². The van der Waals surface area contributed by atoms with E-state index in [-0.39, 0.29) is 12.0 Å². The predicted octanol–water partition coefficient (Wildman–Crippen LogP) is 4.52. The normalized spacial score (nSPS) is 15.9. The summed E-state index contributed by atoms with van der Waals surface area (Å²) in [6.07, 6.45) is 1.79. The van der Waals surface area contributed by atoms with Crippen LogP contribution in [0.5, 0.6) is 5.75 Å². The predicted molar refractivity (Wildman–Crippen MR) is 118 cm³/mol. The Hall–Kier alpha value is -3.06. The molecule has 31 heavy (non-hydrogen) atoms. The Labute approximate surface area is 183 Å². The van der Waals surface area contributed by atoms with Gasteiger partial charge in [-0.1, -0.05) is 12.1 Å². The van der Waals surface area contributed by atoms with Crippen LogP contribution >= 0.6 is 0 Å². The Morgan fingerprint density at radius 3 is 2.39 bits per heavy atom. The van der Waals surface area contributed by atoms with Gasteiger partial charge < -0.3 is 19.5 Å². The van der Waals surface area contributed by atoms with E-state index < -0.39 is 11.7 Å². The largest absolute Gasteiger partial charge is 0.491 e. The molecule has 0 aliphatic carbocycles. The molecule has 1 aliphatic rings. The van der Waals surface area contributed by atoms with Crippen molar-refractivity contribution in [3.05, 3.63) is 59.7 Å². The SMILES string of the molecule is CC(C)(C)OC(=O)Nc1ccc(C(=O)NCc2ccc(OCC3CCCO3)cc2)cc1. The van der Waals surface area contributed by atoms with Gasteiger partial charge in [-0.2, -0.15) is 0 Å². The topological polar surface area (TPSA) is 85.9 Å².